The summed E-state index contributed by atoms with van der Waals surface area (Å²) >= 11 is 3.38. The molecule has 1 aromatic heterocycles. The summed E-state index contributed by atoms with van der Waals surface area (Å²) in [6, 6.07) is 0. The smallest absolute Gasteiger partial charge is 0.131 e. The first kappa shape index (κ1) is 9.03. The summed E-state index contributed by atoms with van der Waals surface area (Å²) in [7, 11) is 0. The molecule has 11 heavy (non-hydrogen) atoms. The minimum atomic E-state index is 0. The van der Waals surface area contributed by atoms with Crippen molar-refractivity contribution in [2.75, 3.05) is 6.54 Å². The SMILES string of the molecule is Brc1n[nH]c2c1CCNC2.Cl. The molecule has 5 heteroatoms. The second-order valence-electron chi connectivity index (χ2n) is 2.40. The molecule has 0 saturated carbocycles. The lowest BCUT2D eigenvalue weighted by Gasteiger charge is -2.10. The van der Waals surface area contributed by atoms with Gasteiger partial charge in [-0.05, 0) is 28.9 Å². The van der Waals surface area contributed by atoms with Gasteiger partial charge in [0.1, 0.15) is 4.60 Å². The zero-order chi connectivity index (χ0) is 6.97. The molecule has 62 valence electrons. The van der Waals surface area contributed by atoms with Crippen molar-refractivity contribution in [1.29, 1.82) is 0 Å². The highest BCUT2D eigenvalue weighted by Gasteiger charge is 2.13. The van der Waals surface area contributed by atoms with Gasteiger partial charge in [0.25, 0.3) is 0 Å². The Balaban J connectivity index is 0.000000605. The Hall–Kier alpha value is -0.0600. The van der Waals surface area contributed by atoms with Crippen molar-refractivity contribution < 1.29 is 0 Å². The number of aromatic amines is 1. The van der Waals surface area contributed by atoms with Gasteiger partial charge in [0.2, 0.25) is 0 Å². The van der Waals surface area contributed by atoms with Crippen LogP contribution in [0.5, 0.6) is 0 Å². The van der Waals surface area contributed by atoms with Crippen LogP contribution in [-0.4, -0.2) is 16.7 Å². The van der Waals surface area contributed by atoms with Gasteiger partial charge in [0, 0.05) is 12.1 Å². The summed E-state index contributed by atoms with van der Waals surface area (Å²) in [6.45, 7) is 1.99. The van der Waals surface area contributed by atoms with E-state index in [9.17, 15) is 0 Å². The van der Waals surface area contributed by atoms with Gasteiger partial charge in [-0.25, -0.2) is 0 Å². The molecule has 3 nitrogen and oxygen atoms in total. The summed E-state index contributed by atoms with van der Waals surface area (Å²) < 4.78 is 0.976. The maximum Gasteiger partial charge on any atom is 0.131 e. The van der Waals surface area contributed by atoms with Crippen molar-refractivity contribution in [3.63, 3.8) is 0 Å². The van der Waals surface area contributed by atoms with Gasteiger partial charge >= 0.3 is 0 Å². The molecule has 0 radical (unpaired) electrons. The molecule has 2 N–H and O–H groups in total. The van der Waals surface area contributed by atoms with Crippen molar-refractivity contribution in [3.05, 3.63) is 15.9 Å². The third-order valence-electron chi connectivity index (χ3n) is 1.76. The number of aromatic nitrogens is 2. The lowest BCUT2D eigenvalue weighted by molar-refractivity contribution is 0.632. The second kappa shape index (κ2) is 3.56. The Morgan fingerprint density at radius 2 is 2.27 bits per heavy atom. The Morgan fingerprint density at radius 3 is 3.00 bits per heavy atom. The first-order chi connectivity index (χ1) is 4.88. The fourth-order valence-electron chi connectivity index (χ4n) is 1.20. The van der Waals surface area contributed by atoms with E-state index < -0.39 is 0 Å². The van der Waals surface area contributed by atoms with Crippen molar-refractivity contribution in [2.45, 2.75) is 13.0 Å². The number of nitrogens with one attached hydrogen (secondary N) is 2. The molecule has 0 aromatic carbocycles. The van der Waals surface area contributed by atoms with Crippen LogP contribution in [0, 0.1) is 0 Å². The maximum atomic E-state index is 4.05. The Bertz CT molecular complexity index is 248. The zero-order valence-corrected chi connectivity index (χ0v) is 8.26. The zero-order valence-electron chi connectivity index (χ0n) is 5.85. The van der Waals surface area contributed by atoms with E-state index in [-0.39, 0.29) is 12.4 Å². The monoisotopic (exact) mass is 237 g/mol. The molecule has 0 amide bonds. The maximum absolute atomic E-state index is 4.05. The van der Waals surface area contributed by atoms with Gasteiger partial charge in [-0.3, -0.25) is 5.10 Å². The van der Waals surface area contributed by atoms with Crippen molar-refractivity contribution in [2.24, 2.45) is 0 Å². The third-order valence-corrected chi connectivity index (χ3v) is 2.41. The number of fused-ring (bicyclic) bond motifs is 1. The summed E-state index contributed by atoms with van der Waals surface area (Å²) in [5, 5.41) is 10.3. The van der Waals surface area contributed by atoms with Gasteiger partial charge < -0.3 is 5.32 Å². The van der Waals surface area contributed by atoms with Crippen molar-refractivity contribution in [3.8, 4) is 0 Å². The number of rotatable bonds is 0. The molecular formula is C6H9BrClN3. The summed E-state index contributed by atoms with van der Waals surface area (Å²) in [5.41, 5.74) is 2.55. The average Bonchev–Trinajstić information content (AvgIpc) is 2.34. The van der Waals surface area contributed by atoms with E-state index in [0.29, 0.717) is 0 Å². The fourth-order valence-corrected chi connectivity index (χ4v) is 1.73. The van der Waals surface area contributed by atoms with Crippen LogP contribution in [0.15, 0.2) is 4.60 Å². The number of hydrogen-bond donors (Lipinski definition) is 2. The van der Waals surface area contributed by atoms with E-state index in [1.165, 1.54) is 11.3 Å². The number of halogens is 2. The van der Waals surface area contributed by atoms with Gasteiger partial charge in [-0.15, -0.1) is 12.4 Å². The minimum absolute atomic E-state index is 0. The predicted molar refractivity (Wildman–Crippen MR) is 48.9 cm³/mol. The number of nitrogens with zero attached hydrogens (tertiary/aromatic N) is 1. The molecule has 2 rings (SSSR count). The topological polar surface area (TPSA) is 40.7 Å². The highest BCUT2D eigenvalue weighted by atomic mass is 79.9. The molecule has 1 aliphatic rings. The highest BCUT2D eigenvalue weighted by molar-refractivity contribution is 9.10. The van der Waals surface area contributed by atoms with Gasteiger partial charge in [0.05, 0.1) is 5.69 Å². The van der Waals surface area contributed by atoms with E-state index in [0.717, 1.165) is 24.1 Å². The molecule has 0 bridgehead atoms. The number of hydrogen-bond acceptors (Lipinski definition) is 2. The van der Waals surface area contributed by atoms with Crippen LogP contribution in [-0.2, 0) is 13.0 Å². The molecule has 2 heterocycles. The average molecular weight is 239 g/mol. The minimum Gasteiger partial charge on any atom is -0.311 e. The number of H-pyrrole nitrogens is 1. The summed E-state index contributed by atoms with van der Waals surface area (Å²) in [5.74, 6) is 0. The van der Waals surface area contributed by atoms with Crippen LogP contribution in [0.1, 0.15) is 11.3 Å². The van der Waals surface area contributed by atoms with Crippen LogP contribution in [0.4, 0.5) is 0 Å². The molecule has 0 unspecified atom stereocenters. The Morgan fingerprint density at radius 1 is 1.45 bits per heavy atom. The van der Waals surface area contributed by atoms with Crippen LogP contribution < -0.4 is 5.32 Å². The van der Waals surface area contributed by atoms with E-state index in [1.54, 1.807) is 0 Å². The molecule has 0 atom stereocenters. The summed E-state index contributed by atoms with van der Waals surface area (Å²) in [4.78, 5) is 0. The van der Waals surface area contributed by atoms with Crippen LogP contribution in [0.3, 0.4) is 0 Å². The van der Waals surface area contributed by atoms with Gasteiger partial charge in [-0.1, -0.05) is 0 Å². The molecule has 0 spiro atoms. The van der Waals surface area contributed by atoms with Crippen LogP contribution in [0.25, 0.3) is 0 Å². The molecule has 1 aromatic rings. The Kier molecular flexibility index (Phi) is 2.92. The quantitative estimate of drug-likeness (QED) is 0.714. The van der Waals surface area contributed by atoms with E-state index in [2.05, 4.69) is 31.4 Å². The molecular weight excluding hydrogens is 229 g/mol. The molecule has 1 aliphatic heterocycles. The lowest BCUT2D eigenvalue weighted by atomic mass is 10.1. The van der Waals surface area contributed by atoms with Crippen LogP contribution >= 0.6 is 28.3 Å². The fraction of sp³-hybridized carbons (Fsp3) is 0.500. The molecule has 0 fully saturated rings. The van der Waals surface area contributed by atoms with Crippen molar-refractivity contribution >= 4 is 28.3 Å². The standard InChI is InChI=1S/C6H8BrN3.ClH/c7-6-4-1-2-8-3-5(4)9-10-6;/h8H,1-3H2,(H,9,10);1H. The van der Waals surface area contributed by atoms with Crippen LogP contribution in [0.2, 0.25) is 0 Å². The first-order valence-corrected chi connectivity index (χ1v) is 4.09. The molecule has 0 saturated heterocycles. The Labute approximate surface area is 79.5 Å². The van der Waals surface area contributed by atoms with Crippen molar-refractivity contribution in [1.82, 2.24) is 15.5 Å². The first-order valence-electron chi connectivity index (χ1n) is 3.30. The predicted octanol–water partition coefficient (Wildman–Crippen LogP) is 1.24. The summed E-state index contributed by atoms with van der Waals surface area (Å²) in [6.07, 6.45) is 1.08. The van der Waals surface area contributed by atoms with Gasteiger partial charge in [-0.2, -0.15) is 5.10 Å². The third kappa shape index (κ3) is 1.58. The van der Waals surface area contributed by atoms with Gasteiger partial charge in [0.15, 0.2) is 0 Å². The van der Waals surface area contributed by atoms with E-state index in [4.69, 9.17) is 0 Å². The molecule has 0 aliphatic carbocycles. The second-order valence-corrected chi connectivity index (χ2v) is 3.15. The highest BCUT2D eigenvalue weighted by Crippen LogP contribution is 2.19. The lowest BCUT2D eigenvalue weighted by Crippen LogP contribution is -2.23. The van der Waals surface area contributed by atoms with E-state index >= 15 is 0 Å². The normalized spacial score (nSPS) is 15.4. The largest absolute Gasteiger partial charge is 0.311 e. The van der Waals surface area contributed by atoms with E-state index in [1.807, 2.05) is 0 Å².